The third-order valence-electron chi connectivity index (χ3n) is 2.28. The molecule has 1 amide bonds. The van der Waals surface area contributed by atoms with Crippen molar-refractivity contribution in [3.8, 4) is 0 Å². The van der Waals surface area contributed by atoms with Crippen molar-refractivity contribution in [3.63, 3.8) is 0 Å². The first-order valence-corrected chi connectivity index (χ1v) is 6.96. The molecule has 1 aromatic rings. The van der Waals surface area contributed by atoms with E-state index in [0.29, 0.717) is 5.69 Å². The van der Waals surface area contributed by atoms with Crippen LogP contribution in [0.1, 0.15) is 27.2 Å². The number of halogens is 1. The van der Waals surface area contributed by atoms with E-state index in [1.54, 1.807) is 39.0 Å². The molecule has 0 atom stereocenters. The lowest BCUT2D eigenvalue weighted by Crippen LogP contribution is -2.38. The maximum Gasteiger partial charge on any atom is 0.414 e. The Bertz CT molecular complexity index is 496. The van der Waals surface area contributed by atoms with Crippen LogP contribution in [0.25, 0.3) is 0 Å². The number of carbonyl (C=O) groups is 2. The molecule has 0 spiro atoms. The third kappa shape index (κ3) is 5.61. The van der Waals surface area contributed by atoms with Crippen molar-refractivity contribution < 1.29 is 19.4 Å². The molecule has 20 heavy (non-hydrogen) atoms. The lowest BCUT2D eigenvalue weighted by Gasteiger charge is -2.27. The molecule has 0 radical (unpaired) electrons. The van der Waals surface area contributed by atoms with Gasteiger partial charge in [0, 0.05) is 16.7 Å². The fraction of sp³-hybridized carbons (Fsp3) is 0.429. The number of hydrogen-bond acceptors (Lipinski definition) is 3. The van der Waals surface area contributed by atoms with Gasteiger partial charge in [0.25, 0.3) is 0 Å². The van der Waals surface area contributed by atoms with Gasteiger partial charge in [0.1, 0.15) is 5.60 Å². The number of amides is 1. The smallest absolute Gasteiger partial charge is 0.414 e. The fourth-order valence-corrected chi connectivity index (χ4v) is 1.88. The Morgan fingerprint density at radius 1 is 1.35 bits per heavy atom. The summed E-state index contributed by atoms with van der Waals surface area (Å²) >= 11 is 3.33. The van der Waals surface area contributed by atoms with Crippen LogP contribution in [0.4, 0.5) is 10.5 Å². The summed E-state index contributed by atoms with van der Waals surface area (Å²) in [5.41, 5.74) is -0.0419. The number of benzene rings is 1. The van der Waals surface area contributed by atoms with Gasteiger partial charge in [0.15, 0.2) is 0 Å². The number of nitrogens with zero attached hydrogens (tertiary/aromatic N) is 1. The van der Waals surface area contributed by atoms with Crippen LogP contribution in [0, 0.1) is 0 Å². The van der Waals surface area contributed by atoms with Gasteiger partial charge in [-0.25, -0.2) is 4.79 Å². The summed E-state index contributed by atoms with van der Waals surface area (Å²) in [6, 6.07) is 7.08. The van der Waals surface area contributed by atoms with Gasteiger partial charge in [0.2, 0.25) is 0 Å². The van der Waals surface area contributed by atoms with E-state index in [4.69, 9.17) is 9.84 Å². The lowest BCUT2D eigenvalue weighted by atomic mass is 10.2. The molecule has 0 aromatic heterocycles. The van der Waals surface area contributed by atoms with Crippen LogP contribution in [-0.4, -0.2) is 29.3 Å². The first kappa shape index (κ1) is 16.5. The SMILES string of the molecule is CC(C)(C)OC(=O)N(CCC(=O)O)c1cccc(Br)c1. The Balaban J connectivity index is 2.95. The second-order valence-corrected chi connectivity index (χ2v) is 6.17. The lowest BCUT2D eigenvalue weighted by molar-refractivity contribution is -0.136. The second kappa shape index (κ2) is 6.74. The maximum absolute atomic E-state index is 12.2. The standard InChI is InChI=1S/C14H18BrNO4/c1-14(2,3)20-13(19)16(8-7-12(17)18)11-6-4-5-10(15)9-11/h4-6,9H,7-8H2,1-3H3,(H,17,18). The summed E-state index contributed by atoms with van der Waals surface area (Å²) in [6.07, 6.45) is -0.706. The third-order valence-corrected chi connectivity index (χ3v) is 2.78. The van der Waals surface area contributed by atoms with Gasteiger partial charge < -0.3 is 9.84 Å². The molecular weight excluding hydrogens is 326 g/mol. The van der Waals surface area contributed by atoms with Gasteiger partial charge in [-0.3, -0.25) is 9.69 Å². The highest BCUT2D eigenvalue weighted by Crippen LogP contribution is 2.22. The molecule has 0 aliphatic rings. The summed E-state index contributed by atoms with van der Waals surface area (Å²) < 4.78 is 6.11. The number of anilines is 1. The van der Waals surface area contributed by atoms with E-state index in [2.05, 4.69) is 15.9 Å². The zero-order chi connectivity index (χ0) is 15.3. The van der Waals surface area contributed by atoms with E-state index < -0.39 is 17.7 Å². The Kier molecular flexibility index (Phi) is 5.56. The molecule has 0 aliphatic carbocycles. The van der Waals surface area contributed by atoms with Crippen LogP contribution in [-0.2, 0) is 9.53 Å². The average molecular weight is 344 g/mol. The van der Waals surface area contributed by atoms with Gasteiger partial charge in [0.05, 0.1) is 6.42 Å². The summed E-state index contributed by atoms with van der Waals surface area (Å²) in [6.45, 7) is 5.35. The van der Waals surface area contributed by atoms with Gasteiger partial charge in [-0.15, -0.1) is 0 Å². The summed E-state index contributed by atoms with van der Waals surface area (Å²) in [5, 5.41) is 8.79. The maximum atomic E-state index is 12.2. The monoisotopic (exact) mass is 343 g/mol. The zero-order valence-corrected chi connectivity index (χ0v) is 13.3. The number of carboxylic acids is 1. The topological polar surface area (TPSA) is 66.8 Å². The molecule has 6 heteroatoms. The van der Waals surface area contributed by atoms with Gasteiger partial charge in [-0.2, -0.15) is 0 Å². The summed E-state index contributed by atoms with van der Waals surface area (Å²) in [7, 11) is 0. The predicted octanol–water partition coefficient (Wildman–Crippen LogP) is 3.67. The van der Waals surface area contributed by atoms with Crippen LogP contribution < -0.4 is 4.90 Å². The van der Waals surface area contributed by atoms with E-state index in [1.165, 1.54) is 4.90 Å². The van der Waals surface area contributed by atoms with E-state index in [9.17, 15) is 9.59 Å². The Hall–Kier alpha value is -1.56. The normalized spacial score (nSPS) is 11.0. The van der Waals surface area contributed by atoms with Gasteiger partial charge >= 0.3 is 12.1 Å². The molecule has 0 bridgehead atoms. The van der Waals surface area contributed by atoms with Crippen molar-refractivity contribution in [2.75, 3.05) is 11.4 Å². The Labute approximate surface area is 126 Å². The molecule has 0 saturated carbocycles. The molecule has 5 nitrogen and oxygen atoms in total. The highest BCUT2D eigenvalue weighted by atomic mass is 79.9. The van der Waals surface area contributed by atoms with Crippen molar-refractivity contribution in [2.24, 2.45) is 0 Å². The van der Waals surface area contributed by atoms with Crippen LogP contribution in [0.3, 0.4) is 0 Å². The van der Waals surface area contributed by atoms with E-state index >= 15 is 0 Å². The Morgan fingerprint density at radius 3 is 2.50 bits per heavy atom. The number of hydrogen-bond donors (Lipinski definition) is 1. The highest BCUT2D eigenvalue weighted by Gasteiger charge is 2.24. The zero-order valence-electron chi connectivity index (χ0n) is 11.7. The molecular formula is C14H18BrNO4. The molecule has 0 heterocycles. The molecule has 110 valence electrons. The quantitative estimate of drug-likeness (QED) is 0.905. The van der Waals surface area contributed by atoms with E-state index in [-0.39, 0.29) is 13.0 Å². The molecule has 0 fully saturated rings. The number of carboxylic acid groups (broad SMARTS) is 1. The Morgan fingerprint density at radius 2 is 2.00 bits per heavy atom. The van der Waals surface area contributed by atoms with Crippen molar-refractivity contribution >= 4 is 33.7 Å². The van der Waals surface area contributed by atoms with Crippen molar-refractivity contribution in [2.45, 2.75) is 32.8 Å². The molecule has 0 saturated heterocycles. The molecule has 1 aromatic carbocycles. The van der Waals surface area contributed by atoms with Gasteiger partial charge in [-0.1, -0.05) is 22.0 Å². The minimum Gasteiger partial charge on any atom is -0.481 e. The van der Waals surface area contributed by atoms with E-state index in [0.717, 1.165) is 4.47 Å². The van der Waals surface area contributed by atoms with E-state index in [1.807, 2.05) is 6.07 Å². The van der Waals surface area contributed by atoms with Crippen LogP contribution in [0.2, 0.25) is 0 Å². The van der Waals surface area contributed by atoms with Crippen LogP contribution in [0.15, 0.2) is 28.7 Å². The minimum atomic E-state index is -0.964. The first-order valence-electron chi connectivity index (χ1n) is 6.17. The van der Waals surface area contributed by atoms with Crippen LogP contribution >= 0.6 is 15.9 Å². The molecule has 0 aliphatic heterocycles. The first-order chi connectivity index (χ1) is 9.19. The number of carbonyl (C=O) groups excluding carboxylic acids is 1. The highest BCUT2D eigenvalue weighted by molar-refractivity contribution is 9.10. The predicted molar refractivity (Wildman–Crippen MR) is 80.0 cm³/mol. The second-order valence-electron chi connectivity index (χ2n) is 5.26. The minimum absolute atomic E-state index is 0.0562. The van der Waals surface area contributed by atoms with Crippen molar-refractivity contribution in [1.82, 2.24) is 0 Å². The number of ether oxygens (including phenoxy) is 1. The number of aliphatic carboxylic acids is 1. The van der Waals surface area contributed by atoms with Gasteiger partial charge in [-0.05, 0) is 39.0 Å². The fourth-order valence-electron chi connectivity index (χ4n) is 1.49. The molecule has 1 N–H and O–H groups in total. The van der Waals surface area contributed by atoms with Crippen LogP contribution in [0.5, 0.6) is 0 Å². The summed E-state index contributed by atoms with van der Waals surface area (Å²) in [5.74, 6) is -0.964. The number of rotatable bonds is 4. The molecule has 1 rings (SSSR count). The van der Waals surface area contributed by atoms with Crippen molar-refractivity contribution in [1.29, 1.82) is 0 Å². The largest absolute Gasteiger partial charge is 0.481 e. The summed E-state index contributed by atoms with van der Waals surface area (Å²) in [4.78, 5) is 24.2. The molecule has 0 unspecified atom stereocenters. The average Bonchev–Trinajstić information content (AvgIpc) is 2.26. The van der Waals surface area contributed by atoms with Crippen molar-refractivity contribution in [3.05, 3.63) is 28.7 Å².